The number of carbonyl (C=O) groups is 1. The van der Waals surface area contributed by atoms with Gasteiger partial charge in [-0.1, -0.05) is 66.4 Å². The molecule has 1 aromatic heterocycles. The van der Waals surface area contributed by atoms with E-state index in [1.165, 1.54) is 29.6 Å². The fourth-order valence-electron chi connectivity index (χ4n) is 2.20. The zero-order valence-corrected chi connectivity index (χ0v) is 14.3. The zero-order chi connectivity index (χ0) is 17.6. The van der Waals surface area contributed by atoms with E-state index >= 15 is 0 Å². The van der Waals surface area contributed by atoms with Crippen molar-refractivity contribution >= 4 is 23.9 Å². The van der Waals surface area contributed by atoms with Gasteiger partial charge in [-0.3, -0.25) is 0 Å². The Hall–Kier alpha value is -2.93. The van der Waals surface area contributed by atoms with Crippen molar-refractivity contribution in [2.24, 2.45) is 5.10 Å². The van der Waals surface area contributed by atoms with E-state index in [2.05, 4.69) is 15.3 Å². The van der Waals surface area contributed by atoms with Crippen molar-refractivity contribution in [2.75, 3.05) is 0 Å². The van der Waals surface area contributed by atoms with Gasteiger partial charge in [-0.15, -0.1) is 10.2 Å². The molecule has 0 amide bonds. The van der Waals surface area contributed by atoms with Crippen molar-refractivity contribution in [1.29, 1.82) is 0 Å². The minimum atomic E-state index is -1.23. The Bertz CT molecular complexity index is 906. The van der Waals surface area contributed by atoms with E-state index in [0.29, 0.717) is 16.5 Å². The summed E-state index contributed by atoms with van der Waals surface area (Å²) in [4.78, 5) is 11.2. The molecule has 0 spiro atoms. The van der Waals surface area contributed by atoms with E-state index in [-0.39, 0.29) is 5.56 Å². The minimum Gasteiger partial charge on any atom is -0.545 e. The van der Waals surface area contributed by atoms with Gasteiger partial charge in [0.1, 0.15) is 0 Å². The van der Waals surface area contributed by atoms with E-state index in [1.54, 1.807) is 29.8 Å². The highest BCUT2D eigenvalue weighted by molar-refractivity contribution is 7.98. The zero-order valence-electron chi connectivity index (χ0n) is 13.5. The second-order valence-electron chi connectivity index (χ2n) is 5.24. The minimum absolute atomic E-state index is 0.0930. The Labute approximate surface area is 149 Å². The summed E-state index contributed by atoms with van der Waals surface area (Å²) in [5.41, 5.74) is 1.73. The lowest BCUT2D eigenvalue weighted by Crippen LogP contribution is -2.23. The molecule has 3 rings (SSSR count). The highest BCUT2D eigenvalue weighted by Gasteiger charge is 2.09. The first kappa shape index (κ1) is 16.9. The highest BCUT2D eigenvalue weighted by Crippen LogP contribution is 2.21. The molecule has 0 radical (unpaired) electrons. The molecule has 6 nitrogen and oxygen atoms in total. The summed E-state index contributed by atoms with van der Waals surface area (Å²) in [5, 5.41) is 24.3. The molecule has 0 saturated carbocycles. The summed E-state index contributed by atoms with van der Waals surface area (Å²) < 4.78 is 1.60. The molecule has 0 aliphatic rings. The number of nitrogens with zero attached hydrogens (tertiary/aromatic N) is 4. The topological polar surface area (TPSA) is 83.2 Å². The van der Waals surface area contributed by atoms with Gasteiger partial charge in [0, 0.05) is 16.9 Å². The number of benzene rings is 2. The Kier molecular flexibility index (Phi) is 5.25. The summed E-state index contributed by atoms with van der Waals surface area (Å²) >= 11 is 1.51. The molecule has 1 heterocycles. The number of hydrogen-bond acceptors (Lipinski definition) is 6. The SMILES string of the molecule is Cc1nnc(SCc2ccccc2)n1/N=C\c1ccccc1C(=O)[O-]. The molecule has 0 aliphatic carbocycles. The summed E-state index contributed by atoms with van der Waals surface area (Å²) in [7, 11) is 0. The van der Waals surface area contributed by atoms with Gasteiger partial charge in [0.15, 0.2) is 5.82 Å². The first-order valence-corrected chi connectivity index (χ1v) is 8.57. The standard InChI is InChI=1S/C18H16N4O2S/c1-13-20-21-18(25-12-14-7-3-2-4-8-14)22(13)19-11-15-9-5-6-10-16(15)17(23)24/h2-11H,12H2,1H3,(H,23,24)/p-1/b19-11-. The van der Waals surface area contributed by atoms with E-state index in [9.17, 15) is 9.90 Å². The molecule has 3 aromatic rings. The van der Waals surface area contributed by atoms with Crippen LogP contribution in [0.25, 0.3) is 0 Å². The Morgan fingerprint density at radius 3 is 2.64 bits per heavy atom. The van der Waals surface area contributed by atoms with Crippen LogP contribution >= 0.6 is 11.8 Å². The number of aromatic carboxylic acids is 1. The number of carboxylic acid groups (broad SMARTS) is 1. The molecular weight excluding hydrogens is 336 g/mol. The first-order chi connectivity index (χ1) is 12.1. The van der Waals surface area contributed by atoms with Crippen LogP contribution in [0.5, 0.6) is 0 Å². The van der Waals surface area contributed by atoms with Crippen LogP contribution in [0.4, 0.5) is 0 Å². The predicted molar refractivity (Wildman–Crippen MR) is 94.5 cm³/mol. The number of rotatable bonds is 6. The largest absolute Gasteiger partial charge is 0.545 e. The Morgan fingerprint density at radius 1 is 1.16 bits per heavy atom. The molecule has 0 atom stereocenters. The maximum absolute atomic E-state index is 11.2. The van der Waals surface area contributed by atoms with Crippen molar-refractivity contribution in [3.63, 3.8) is 0 Å². The van der Waals surface area contributed by atoms with E-state index in [4.69, 9.17) is 0 Å². The van der Waals surface area contributed by atoms with Gasteiger partial charge in [-0.2, -0.15) is 9.78 Å². The lowest BCUT2D eigenvalue weighted by atomic mass is 10.1. The molecule has 0 aliphatic heterocycles. The van der Waals surface area contributed by atoms with Gasteiger partial charge >= 0.3 is 0 Å². The van der Waals surface area contributed by atoms with Crippen LogP contribution in [0.3, 0.4) is 0 Å². The molecule has 0 N–H and O–H groups in total. The molecule has 0 saturated heterocycles. The monoisotopic (exact) mass is 351 g/mol. The van der Waals surface area contributed by atoms with Crippen molar-refractivity contribution in [2.45, 2.75) is 17.8 Å². The number of thioether (sulfide) groups is 1. The number of carbonyl (C=O) groups excluding carboxylic acids is 1. The molecule has 0 fully saturated rings. The van der Waals surface area contributed by atoms with Crippen molar-refractivity contribution in [3.05, 3.63) is 77.1 Å². The van der Waals surface area contributed by atoms with Crippen LogP contribution in [0.2, 0.25) is 0 Å². The lowest BCUT2D eigenvalue weighted by Gasteiger charge is -2.06. The molecule has 2 aromatic carbocycles. The van der Waals surface area contributed by atoms with Gasteiger partial charge < -0.3 is 9.90 Å². The third kappa shape index (κ3) is 4.13. The van der Waals surface area contributed by atoms with Crippen LogP contribution in [-0.2, 0) is 5.75 Å². The second-order valence-corrected chi connectivity index (χ2v) is 6.18. The van der Waals surface area contributed by atoms with E-state index in [0.717, 1.165) is 5.75 Å². The predicted octanol–water partition coefficient (Wildman–Crippen LogP) is 2.12. The van der Waals surface area contributed by atoms with Gasteiger partial charge in [0.05, 0.1) is 12.2 Å². The number of aryl methyl sites for hydroxylation is 1. The first-order valence-electron chi connectivity index (χ1n) is 7.58. The average molecular weight is 351 g/mol. The molecule has 25 heavy (non-hydrogen) atoms. The average Bonchev–Trinajstić information content (AvgIpc) is 2.99. The van der Waals surface area contributed by atoms with Crippen LogP contribution in [-0.4, -0.2) is 27.1 Å². The van der Waals surface area contributed by atoms with Crippen molar-refractivity contribution in [3.8, 4) is 0 Å². The molecule has 0 bridgehead atoms. The van der Waals surface area contributed by atoms with E-state index < -0.39 is 5.97 Å². The van der Waals surface area contributed by atoms with Crippen molar-refractivity contribution in [1.82, 2.24) is 14.9 Å². The highest BCUT2D eigenvalue weighted by atomic mass is 32.2. The second kappa shape index (κ2) is 7.76. The Balaban J connectivity index is 1.81. The van der Waals surface area contributed by atoms with Crippen LogP contribution in [0.15, 0.2) is 64.9 Å². The number of carboxylic acids is 1. The quantitative estimate of drug-likeness (QED) is 0.502. The van der Waals surface area contributed by atoms with Crippen molar-refractivity contribution < 1.29 is 9.90 Å². The third-order valence-electron chi connectivity index (χ3n) is 3.47. The lowest BCUT2D eigenvalue weighted by molar-refractivity contribution is -0.255. The van der Waals surface area contributed by atoms with Gasteiger partial charge in [-0.25, -0.2) is 0 Å². The molecule has 0 unspecified atom stereocenters. The normalized spacial score (nSPS) is 11.1. The van der Waals surface area contributed by atoms with E-state index in [1.807, 2.05) is 30.3 Å². The van der Waals surface area contributed by atoms with Gasteiger partial charge in [-0.05, 0) is 12.5 Å². The smallest absolute Gasteiger partial charge is 0.212 e. The van der Waals surface area contributed by atoms with Crippen LogP contribution < -0.4 is 5.11 Å². The summed E-state index contributed by atoms with van der Waals surface area (Å²) in [6.45, 7) is 1.79. The maximum Gasteiger partial charge on any atom is 0.212 e. The summed E-state index contributed by atoms with van der Waals surface area (Å²) in [5.74, 6) is 0.128. The molecule has 7 heteroatoms. The van der Waals surface area contributed by atoms with Gasteiger partial charge in [0.2, 0.25) is 5.16 Å². The fourth-order valence-corrected chi connectivity index (χ4v) is 3.09. The van der Waals surface area contributed by atoms with Crippen LogP contribution in [0.1, 0.15) is 27.3 Å². The third-order valence-corrected chi connectivity index (χ3v) is 4.46. The maximum atomic E-state index is 11.2. The Morgan fingerprint density at radius 2 is 1.88 bits per heavy atom. The number of aromatic nitrogens is 3. The fraction of sp³-hybridized carbons (Fsp3) is 0.111. The molecule has 126 valence electrons. The summed E-state index contributed by atoms with van der Waals surface area (Å²) in [6.07, 6.45) is 1.48. The summed E-state index contributed by atoms with van der Waals surface area (Å²) in [6, 6.07) is 16.6. The van der Waals surface area contributed by atoms with Crippen LogP contribution in [0, 0.1) is 6.92 Å². The van der Waals surface area contributed by atoms with Gasteiger partial charge in [0.25, 0.3) is 0 Å². The number of hydrogen-bond donors (Lipinski definition) is 0. The molecular formula is C18H15N4O2S-.